The molecule has 2 nitrogen and oxygen atoms in total. The van der Waals surface area contributed by atoms with Crippen LogP contribution in [0, 0.1) is 0 Å². The second kappa shape index (κ2) is 5.15. The fourth-order valence-electron chi connectivity index (χ4n) is 1.65. The van der Waals surface area contributed by atoms with Crippen LogP contribution in [0.4, 0.5) is 0 Å². The molecule has 17 heavy (non-hydrogen) atoms. The third-order valence-electron chi connectivity index (χ3n) is 2.67. The maximum Gasteiger partial charge on any atom is 0.251 e. The second-order valence-corrected chi connectivity index (χ2v) is 4.94. The van der Waals surface area contributed by atoms with E-state index in [0.29, 0.717) is 5.56 Å². The van der Waals surface area contributed by atoms with Crippen molar-refractivity contribution >= 4 is 17.2 Å². The van der Waals surface area contributed by atoms with Crippen molar-refractivity contribution in [3.8, 4) is 10.4 Å². The van der Waals surface area contributed by atoms with Crippen molar-refractivity contribution in [2.75, 3.05) is 7.05 Å². The minimum Gasteiger partial charge on any atom is -0.355 e. The number of benzene rings is 1. The van der Waals surface area contributed by atoms with Crippen LogP contribution in [-0.2, 0) is 6.42 Å². The number of amides is 1. The van der Waals surface area contributed by atoms with Crippen LogP contribution in [0.2, 0.25) is 0 Å². The van der Waals surface area contributed by atoms with E-state index in [2.05, 4.69) is 24.4 Å². The van der Waals surface area contributed by atoms with E-state index in [1.807, 2.05) is 24.3 Å². The van der Waals surface area contributed by atoms with Gasteiger partial charge in [-0.2, -0.15) is 0 Å². The van der Waals surface area contributed by atoms with E-state index < -0.39 is 0 Å². The topological polar surface area (TPSA) is 29.1 Å². The van der Waals surface area contributed by atoms with E-state index in [9.17, 15) is 4.79 Å². The maximum absolute atomic E-state index is 11.4. The molecule has 1 aromatic heterocycles. The van der Waals surface area contributed by atoms with Crippen LogP contribution in [0.5, 0.6) is 0 Å². The number of rotatable bonds is 3. The molecule has 1 N–H and O–H groups in total. The molecular weight excluding hydrogens is 230 g/mol. The molecule has 0 saturated carbocycles. The number of aryl methyl sites for hydroxylation is 1. The zero-order chi connectivity index (χ0) is 12.3. The predicted octanol–water partition coefficient (Wildman–Crippen LogP) is 3.34. The number of carbonyl (C=O) groups excluding carboxylic acids is 1. The van der Waals surface area contributed by atoms with Gasteiger partial charge in [0.05, 0.1) is 0 Å². The van der Waals surface area contributed by atoms with Gasteiger partial charge in [-0.15, -0.1) is 11.3 Å². The Hall–Kier alpha value is -1.61. The van der Waals surface area contributed by atoms with Crippen LogP contribution < -0.4 is 5.32 Å². The zero-order valence-electron chi connectivity index (χ0n) is 9.99. The average Bonchev–Trinajstić information content (AvgIpc) is 2.87. The highest BCUT2D eigenvalue weighted by atomic mass is 32.1. The first-order chi connectivity index (χ1) is 8.24. The highest BCUT2D eigenvalue weighted by molar-refractivity contribution is 7.15. The molecule has 0 unspecified atom stereocenters. The van der Waals surface area contributed by atoms with Crippen molar-refractivity contribution in [1.29, 1.82) is 0 Å². The van der Waals surface area contributed by atoms with Gasteiger partial charge < -0.3 is 5.32 Å². The lowest BCUT2D eigenvalue weighted by atomic mass is 10.1. The molecule has 1 aromatic carbocycles. The summed E-state index contributed by atoms with van der Waals surface area (Å²) in [5, 5.41) is 2.62. The Labute approximate surface area is 105 Å². The SMILES string of the molecule is CCc1ccc(-c2ccc(C(=O)NC)cc2)s1. The highest BCUT2D eigenvalue weighted by Crippen LogP contribution is 2.28. The Kier molecular flexibility index (Phi) is 3.59. The Morgan fingerprint density at radius 3 is 2.41 bits per heavy atom. The van der Waals surface area contributed by atoms with Crippen LogP contribution in [0.1, 0.15) is 22.2 Å². The summed E-state index contributed by atoms with van der Waals surface area (Å²) in [6.45, 7) is 2.16. The first-order valence-electron chi connectivity index (χ1n) is 5.66. The van der Waals surface area contributed by atoms with Gasteiger partial charge in [-0.25, -0.2) is 0 Å². The lowest BCUT2D eigenvalue weighted by Gasteiger charge is -2.01. The summed E-state index contributed by atoms with van der Waals surface area (Å²) in [4.78, 5) is 14.0. The number of hydrogen-bond donors (Lipinski definition) is 1. The van der Waals surface area contributed by atoms with E-state index in [0.717, 1.165) is 6.42 Å². The van der Waals surface area contributed by atoms with Crippen LogP contribution in [0.3, 0.4) is 0 Å². The first-order valence-corrected chi connectivity index (χ1v) is 6.47. The van der Waals surface area contributed by atoms with Gasteiger partial charge in [0.15, 0.2) is 0 Å². The smallest absolute Gasteiger partial charge is 0.251 e. The summed E-state index contributed by atoms with van der Waals surface area (Å²) in [6, 6.07) is 12.0. The van der Waals surface area contributed by atoms with E-state index >= 15 is 0 Å². The van der Waals surface area contributed by atoms with Gasteiger partial charge in [-0.05, 0) is 36.2 Å². The largest absolute Gasteiger partial charge is 0.355 e. The summed E-state index contributed by atoms with van der Waals surface area (Å²) in [7, 11) is 1.64. The fraction of sp³-hybridized carbons (Fsp3) is 0.214. The normalized spacial score (nSPS) is 10.2. The molecule has 0 atom stereocenters. The van der Waals surface area contributed by atoms with Gasteiger partial charge in [0.25, 0.3) is 5.91 Å². The molecule has 0 spiro atoms. The summed E-state index contributed by atoms with van der Waals surface area (Å²) in [5.74, 6) is -0.0445. The van der Waals surface area contributed by atoms with Gasteiger partial charge in [0, 0.05) is 22.4 Å². The van der Waals surface area contributed by atoms with Gasteiger partial charge in [0.2, 0.25) is 0 Å². The number of carbonyl (C=O) groups is 1. The van der Waals surface area contributed by atoms with Crippen molar-refractivity contribution < 1.29 is 4.79 Å². The van der Waals surface area contributed by atoms with Crippen molar-refractivity contribution in [2.45, 2.75) is 13.3 Å². The third kappa shape index (κ3) is 2.56. The summed E-state index contributed by atoms with van der Waals surface area (Å²) >= 11 is 1.81. The molecule has 0 fully saturated rings. The molecule has 3 heteroatoms. The van der Waals surface area contributed by atoms with E-state index in [1.165, 1.54) is 15.3 Å². The van der Waals surface area contributed by atoms with Crippen LogP contribution >= 0.6 is 11.3 Å². The molecule has 0 aliphatic carbocycles. The molecule has 88 valence electrons. The van der Waals surface area contributed by atoms with Gasteiger partial charge in [0.1, 0.15) is 0 Å². The molecule has 0 saturated heterocycles. The predicted molar refractivity (Wildman–Crippen MR) is 72.5 cm³/mol. The quantitative estimate of drug-likeness (QED) is 0.883. The standard InChI is InChI=1S/C14H15NOS/c1-3-12-8-9-13(17-12)10-4-6-11(7-5-10)14(16)15-2/h4-9H,3H2,1-2H3,(H,15,16). The molecular formula is C14H15NOS. The monoisotopic (exact) mass is 245 g/mol. The molecule has 0 aliphatic rings. The van der Waals surface area contributed by atoms with E-state index in [1.54, 1.807) is 18.4 Å². The summed E-state index contributed by atoms with van der Waals surface area (Å²) < 4.78 is 0. The number of nitrogens with one attached hydrogen (secondary N) is 1. The maximum atomic E-state index is 11.4. The molecule has 1 heterocycles. The minimum absolute atomic E-state index is 0.0445. The number of thiophene rings is 1. The Morgan fingerprint density at radius 2 is 1.88 bits per heavy atom. The van der Waals surface area contributed by atoms with Crippen molar-refractivity contribution in [1.82, 2.24) is 5.32 Å². The molecule has 0 radical (unpaired) electrons. The lowest BCUT2D eigenvalue weighted by Crippen LogP contribution is -2.17. The molecule has 1 amide bonds. The number of hydrogen-bond acceptors (Lipinski definition) is 2. The Balaban J connectivity index is 2.25. The van der Waals surface area contributed by atoms with Gasteiger partial charge >= 0.3 is 0 Å². The van der Waals surface area contributed by atoms with Crippen molar-refractivity contribution in [2.24, 2.45) is 0 Å². The average molecular weight is 245 g/mol. The summed E-state index contributed by atoms with van der Waals surface area (Å²) in [6.07, 6.45) is 1.07. The van der Waals surface area contributed by atoms with E-state index in [-0.39, 0.29) is 5.91 Å². The second-order valence-electron chi connectivity index (χ2n) is 3.78. The summed E-state index contributed by atoms with van der Waals surface area (Å²) in [5.41, 5.74) is 1.87. The van der Waals surface area contributed by atoms with Crippen molar-refractivity contribution in [3.63, 3.8) is 0 Å². The van der Waals surface area contributed by atoms with Crippen LogP contribution in [0.25, 0.3) is 10.4 Å². The molecule has 0 bridgehead atoms. The van der Waals surface area contributed by atoms with Crippen LogP contribution in [0.15, 0.2) is 36.4 Å². The molecule has 0 aliphatic heterocycles. The molecule has 2 aromatic rings. The Bertz CT molecular complexity index is 513. The third-order valence-corrected chi connectivity index (χ3v) is 3.95. The van der Waals surface area contributed by atoms with E-state index in [4.69, 9.17) is 0 Å². The lowest BCUT2D eigenvalue weighted by molar-refractivity contribution is 0.0963. The van der Waals surface area contributed by atoms with Gasteiger partial charge in [-0.1, -0.05) is 19.1 Å². The fourth-order valence-corrected chi connectivity index (χ4v) is 2.61. The first kappa shape index (κ1) is 11.9. The highest BCUT2D eigenvalue weighted by Gasteiger charge is 2.05. The minimum atomic E-state index is -0.0445. The van der Waals surface area contributed by atoms with Crippen molar-refractivity contribution in [3.05, 3.63) is 46.8 Å². The molecule has 2 rings (SSSR count). The Morgan fingerprint density at radius 1 is 1.18 bits per heavy atom. The van der Waals surface area contributed by atoms with Gasteiger partial charge in [-0.3, -0.25) is 4.79 Å². The zero-order valence-corrected chi connectivity index (χ0v) is 10.8. The van der Waals surface area contributed by atoms with Crippen LogP contribution in [-0.4, -0.2) is 13.0 Å².